The molecule has 1 aromatic rings. The summed E-state index contributed by atoms with van der Waals surface area (Å²) in [5.74, 6) is 0.172. The normalized spacial score (nSPS) is 29.4. The number of rotatable bonds is 5. The van der Waals surface area contributed by atoms with Crippen molar-refractivity contribution in [2.75, 3.05) is 13.7 Å². The Kier molecular flexibility index (Phi) is 4.42. The van der Waals surface area contributed by atoms with E-state index in [2.05, 4.69) is 0 Å². The standard InChI is InChI=1S/C16H21FO4/c1-19-15-5-2-10(17)6-14(15)16(9-18)21-13-7-11-3-4-12(8-13)20-11/h2,5-6,11-13,16,18H,3-4,7-9H2,1H3/t11-,12+,13-,16-/m1/s1. The molecule has 2 bridgehead atoms. The first-order chi connectivity index (χ1) is 10.2. The molecule has 4 nitrogen and oxygen atoms in total. The van der Waals surface area contributed by atoms with Crippen molar-refractivity contribution in [2.45, 2.75) is 50.1 Å². The van der Waals surface area contributed by atoms with Gasteiger partial charge in [-0.2, -0.15) is 0 Å². The average Bonchev–Trinajstić information content (AvgIpc) is 2.83. The van der Waals surface area contributed by atoms with E-state index >= 15 is 0 Å². The zero-order valence-electron chi connectivity index (χ0n) is 12.1. The maximum absolute atomic E-state index is 13.5. The summed E-state index contributed by atoms with van der Waals surface area (Å²) in [7, 11) is 1.53. The van der Waals surface area contributed by atoms with Gasteiger partial charge in [0.1, 0.15) is 17.7 Å². The lowest BCUT2D eigenvalue weighted by atomic mass is 10.0. The highest BCUT2D eigenvalue weighted by Crippen LogP contribution is 2.37. The van der Waals surface area contributed by atoms with Crippen LogP contribution in [-0.4, -0.2) is 37.1 Å². The van der Waals surface area contributed by atoms with Crippen LogP contribution in [0.5, 0.6) is 5.75 Å². The van der Waals surface area contributed by atoms with Crippen LogP contribution < -0.4 is 4.74 Å². The number of halogens is 1. The number of hydrogen-bond acceptors (Lipinski definition) is 4. The molecule has 0 spiro atoms. The first-order valence-electron chi connectivity index (χ1n) is 7.44. The molecule has 0 saturated carbocycles. The molecule has 2 aliphatic rings. The van der Waals surface area contributed by atoms with Crippen LogP contribution in [0.2, 0.25) is 0 Å². The van der Waals surface area contributed by atoms with Gasteiger partial charge in [-0.15, -0.1) is 0 Å². The molecule has 0 amide bonds. The summed E-state index contributed by atoms with van der Waals surface area (Å²) < 4.78 is 30.5. The molecule has 5 heteroatoms. The summed E-state index contributed by atoms with van der Waals surface area (Å²) in [5.41, 5.74) is 0.554. The van der Waals surface area contributed by atoms with Crippen molar-refractivity contribution in [3.63, 3.8) is 0 Å². The molecule has 3 rings (SSSR count). The highest BCUT2D eigenvalue weighted by molar-refractivity contribution is 5.36. The van der Waals surface area contributed by atoms with Gasteiger partial charge in [-0.05, 0) is 43.9 Å². The maximum Gasteiger partial charge on any atom is 0.124 e. The van der Waals surface area contributed by atoms with Gasteiger partial charge in [0, 0.05) is 5.56 Å². The average molecular weight is 296 g/mol. The molecule has 1 aromatic carbocycles. The van der Waals surface area contributed by atoms with Crippen LogP contribution >= 0.6 is 0 Å². The van der Waals surface area contributed by atoms with E-state index in [1.165, 1.54) is 19.2 Å². The van der Waals surface area contributed by atoms with E-state index in [0.717, 1.165) is 25.7 Å². The molecule has 21 heavy (non-hydrogen) atoms. The van der Waals surface area contributed by atoms with E-state index in [9.17, 15) is 9.50 Å². The molecule has 2 fully saturated rings. The van der Waals surface area contributed by atoms with Gasteiger partial charge in [0.05, 0.1) is 32.0 Å². The Bertz CT molecular complexity index is 481. The van der Waals surface area contributed by atoms with Gasteiger partial charge in [-0.3, -0.25) is 0 Å². The second kappa shape index (κ2) is 6.30. The summed E-state index contributed by atoms with van der Waals surface area (Å²) in [6, 6.07) is 4.27. The van der Waals surface area contributed by atoms with E-state index in [1.54, 1.807) is 6.07 Å². The Balaban J connectivity index is 1.74. The maximum atomic E-state index is 13.5. The van der Waals surface area contributed by atoms with E-state index in [0.29, 0.717) is 11.3 Å². The number of benzene rings is 1. The Morgan fingerprint density at radius 3 is 2.67 bits per heavy atom. The van der Waals surface area contributed by atoms with Gasteiger partial charge in [0.15, 0.2) is 0 Å². The molecule has 116 valence electrons. The molecular weight excluding hydrogens is 275 g/mol. The SMILES string of the molecule is COc1ccc(F)cc1[C@@H](CO)O[C@@H]1C[C@H]2CC[C@@H](C1)O2. The van der Waals surface area contributed by atoms with Crippen LogP contribution in [0.4, 0.5) is 4.39 Å². The minimum Gasteiger partial charge on any atom is -0.496 e. The van der Waals surface area contributed by atoms with E-state index in [-0.39, 0.29) is 30.7 Å². The third-order valence-electron chi connectivity index (χ3n) is 4.31. The van der Waals surface area contributed by atoms with Crippen LogP contribution in [0.15, 0.2) is 18.2 Å². The topological polar surface area (TPSA) is 47.9 Å². The minimum atomic E-state index is -0.571. The minimum absolute atomic E-state index is 0.0429. The van der Waals surface area contributed by atoms with Gasteiger partial charge in [-0.25, -0.2) is 4.39 Å². The van der Waals surface area contributed by atoms with Crippen molar-refractivity contribution in [1.82, 2.24) is 0 Å². The Labute approximate surface area is 123 Å². The smallest absolute Gasteiger partial charge is 0.124 e. The Hall–Kier alpha value is -1.17. The molecule has 0 aliphatic carbocycles. The molecular formula is C16H21FO4. The van der Waals surface area contributed by atoms with Crippen LogP contribution in [0.25, 0.3) is 0 Å². The number of hydrogen-bond donors (Lipinski definition) is 1. The molecule has 0 aromatic heterocycles. The van der Waals surface area contributed by atoms with Crippen molar-refractivity contribution in [3.8, 4) is 5.75 Å². The predicted molar refractivity (Wildman–Crippen MR) is 74.8 cm³/mol. The summed E-state index contributed by atoms with van der Waals surface area (Å²) in [4.78, 5) is 0. The van der Waals surface area contributed by atoms with Crippen LogP contribution in [0, 0.1) is 5.82 Å². The van der Waals surface area contributed by atoms with Crippen LogP contribution in [0.1, 0.15) is 37.4 Å². The summed E-state index contributed by atoms with van der Waals surface area (Å²) in [6.45, 7) is -0.202. The number of methoxy groups -OCH3 is 1. The van der Waals surface area contributed by atoms with Crippen molar-refractivity contribution >= 4 is 0 Å². The summed E-state index contributed by atoms with van der Waals surface area (Å²) in [5, 5.41) is 9.63. The fourth-order valence-electron chi connectivity index (χ4n) is 3.32. The lowest BCUT2D eigenvalue weighted by Crippen LogP contribution is -2.32. The highest BCUT2D eigenvalue weighted by atomic mass is 19.1. The number of aliphatic hydroxyl groups excluding tert-OH is 1. The molecule has 2 aliphatic heterocycles. The van der Waals surface area contributed by atoms with E-state index < -0.39 is 6.10 Å². The number of fused-ring (bicyclic) bond motifs is 2. The van der Waals surface area contributed by atoms with Gasteiger partial charge < -0.3 is 19.3 Å². The van der Waals surface area contributed by atoms with E-state index in [4.69, 9.17) is 14.2 Å². The molecule has 0 unspecified atom stereocenters. The Morgan fingerprint density at radius 1 is 1.33 bits per heavy atom. The van der Waals surface area contributed by atoms with Crippen LogP contribution in [-0.2, 0) is 9.47 Å². The lowest BCUT2D eigenvalue weighted by molar-refractivity contribution is -0.115. The van der Waals surface area contributed by atoms with Crippen LogP contribution in [0.3, 0.4) is 0 Å². The molecule has 0 radical (unpaired) electrons. The van der Waals surface area contributed by atoms with Gasteiger partial charge >= 0.3 is 0 Å². The van der Waals surface area contributed by atoms with Gasteiger partial charge in [0.2, 0.25) is 0 Å². The summed E-state index contributed by atoms with van der Waals surface area (Å²) >= 11 is 0. The van der Waals surface area contributed by atoms with Crippen molar-refractivity contribution in [3.05, 3.63) is 29.6 Å². The zero-order chi connectivity index (χ0) is 14.8. The van der Waals surface area contributed by atoms with Gasteiger partial charge in [-0.1, -0.05) is 0 Å². The highest BCUT2D eigenvalue weighted by Gasteiger charge is 2.36. The van der Waals surface area contributed by atoms with Crippen molar-refractivity contribution < 1.29 is 23.7 Å². The first kappa shape index (κ1) is 14.8. The fraction of sp³-hybridized carbons (Fsp3) is 0.625. The first-order valence-corrected chi connectivity index (χ1v) is 7.44. The fourth-order valence-corrected chi connectivity index (χ4v) is 3.32. The Morgan fingerprint density at radius 2 is 2.05 bits per heavy atom. The third kappa shape index (κ3) is 3.20. The largest absolute Gasteiger partial charge is 0.496 e. The second-order valence-electron chi connectivity index (χ2n) is 5.74. The zero-order valence-corrected chi connectivity index (χ0v) is 12.1. The lowest BCUT2D eigenvalue weighted by Gasteiger charge is -2.31. The molecule has 1 N–H and O–H groups in total. The number of ether oxygens (including phenoxy) is 3. The summed E-state index contributed by atoms with van der Waals surface area (Å²) in [6.07, 6.45) is 3.84. The van der Waals surface area contributed by atoms with Gasteiger partial charge in [0.25, 0.3) is 0 Å². The monoisotopic (exact) mass is 296 g/mol. The molecule has 2 heterocycles. The van der Waals surface area contributed by atoms with E-state index in [1.807, 2.05) is 0 Å². The quantitative estimate of drug-likeness (QED) is 0.907. The molecule has 4 atom stereocenters. The van der Waals surface area contributed by atoms with Crippen molar-refractivity contribution in [1.29, 1.82) is 0 Å². The number of aliphatic hydroxyl groups is 1. The molecule has 2 saturated heterocycles. The second-order valence-corrected chi connectivity index (χ2v) is 5.74. The third-order valence-corrected chi connectivity index (χ3v) is 4.31. The predicted octanol–water partition coefficient (Wildman–Crippen LogP) is 2.59. The van der Waals surface area contributed by atoms with Crippen molar-refractivity contribution in [2.24, 2.45) is 0 Å².